The van der Waals surface area contributed by atoms with Crippen LogP contribution in [0.1, 0.15) is 28.1 Å². The van der Waals surface area contributed by atoms with E-state index in [2.05, 4.69) is 43.3 Å². The van der Waals surface area contributed by atoms with Gasteiger partial charge in [0.15, 0.2) is 0 Å². The normalized spacial score (nSPS) is 10.8. The van der Waals surface area contributed by atoms with E-state index in [-0.39, 0.29) is 0 Å². The highest BCUT2D eigenvalue weighted by atomic mass is 16.5. The highest BCUT2D eigenvalue weighted by Crippen LogP contribution is 2.18. The Hall–Kier alpha value is -1.81. The van der Waals surface area contributed by atoms with Gasteiger partial charge in [0.1, 0.15) is 5.75 Å². The second kappa shape index (κ2) is 6.09. The largest absolute Gasteiger partial charge is 0.496 e. The van der Waals surface area contributed by atoms with Gasteiger partial charge in [0.05, 0.1) is 12.8 Å². The van der Waals surface area contributed by atoms with Gasteiger partial charge in [0.25, 0.3) is 0 Å². The van der Waals surface area contributed by atoms with Gasteiger partial charge in [-0.2, -0.15) is 5.10 Å². The van der Waals surface area contributed by atoms with Crippen molar-refractivity contribution in [3.05, 3.63) is 46.3 Å². The summed E-state index contributed by atoms with van der Waals surface area (Å²) < 4.78 is 7.21. The van der Waals surface area contributed by atoms with E-state index in [1.54, 1.807) is 7.11 Å². The molecular formula is C16H23N3O. The Labute approximate surface area is 120 Å². The molecule has 0 spiro atoms. The van der Waals surface area contributed by atoms with E-state index in [0.717, 1.165) is 24.5 Å². The predicted molar refractivity (Wildman–Crippen MR) is 81.0 cm³/mol. The van der Waals surface area contributed by atoms with Crippen LogP contribution in [0.3, 0.4) is 0 Å². The molecule has 108 valence electrons. The summed E-state index contributed by atoms with van der Waals surface area (Å²) in [4.78, 5) is 0. The summed E-state index contributed by atoms with van der Waals surface area (Å²) in [6, 6.07) is 6.28. The molecule has 4 nitrogen and oxygen atoms in total. The Kier molecular flexibility index (Phi) is 4.45. The molecule has 0 fully saturated rings. The van der Waals surface area contributed by atoms with Gasteiger partial charge in [-0.1, -0.05) is 12.1 Å². The molecule has 0 aliphatic heterocycles. The molecule has 2 aromatic rings. The van der Waals surface area contributed by atoms with Crippen LogP contribution in [-0.4, -0.2) is 16.9 Å². The lowest BCUT2D eigenvalue weighted by Gasteiger charge is -2.09. The van der Waals surface area contributed by atoms with Gasteiger partial charge in [-0.05, 0) is 38.0 Å². The van der Waals surface area contributed by atoms with Gasteiger partial charge in [-0.3, -0.25) is 4.68 Å². The van der Waals surface area contributed by atoms with E-state index in [0.29, 0.717) is 0 Å². The summed E-state index contributed by atoms with van der Waals surface area (Å²) in [5.74, 6) is 0.938. The molecule has 2 rings (SSSR count). The van der Waals surface area contributed by atoms with E-state index in [1.807, 2.05) is 17.8 Å². The average Bonchev–Trinajstić information content (AvgIpc) is 2.65. The summed E-state index contributed by atoms with van der Waals surface area (Å²) in [6.45, 7) is 7.92. The molecule has 0 radical (unpaired) electrons. The zero-order valence-electron chi connectivity index (χ0n) is 12.9. The van der Waals surface area contributed by atoms with Crippen molar-refractivity contribution in [3.63, 3.8) is 0 Å². The zero-order chi connectivity index (χ0) is 14.7. The lowest BCUT2D eigenvalue weighted by Crippen LogP contribution is -2.14. The number of hydrogen-bond donors (Lipinski definition) is 1. The van der Waals surface area contributed by atoms with Gasteiger partial charge in [-0.15, -0.1) is 0 Å². The molecule has 0 saturated carbocycles. The Morgan fingerprint density at radius 3 is 2.50 bits per heavy atom. The van der Waals surface area contributed by atoms with Crippen molar-refractivity contribution in [1.29, 1.82) is 0 Å². The molecule has 20 heavy (non-hydrogen) atoms. The fourth-order valence-electron chi connectivity index (χ4n) is 2.46. The van der Waals surface area contributed by atoms with Crippen LogP contribution in [0.15, 0.2) is 18.2 Å². The maximum atomic E-state index is 5.28. The molecule has 1 N–H and O–H groups in total. The first-order valence-corrected chi connectivity index (χ1v) is 6.86. The van der Waals surface area contributed by atoms with Crippen LogP contribution < -0.4 is 10.1 Å². The summed E-state index contributed by atoms with van der Waals surface area (Å²) in [6.07, 6.45) is 0. The summed E-state index contributed by atoms with van der Waals surface area (Å²) in [5, 5.41) is 7.92. The lowest BCUT2D eigenvalue weighted by atomic mass is 10.1. The Balaban J connectivity index is 1.97. The minimum Gasteiger partial charge on any atom is -0.496 e. The molecule has 1 aromatic heterocycles. The first-order valence-electron chi connectivity index (χ1n) is 6.86. The van der Waals surface area contributed by atoms with Gasteiger partial charge in [0, 0.05) is 31.4 Å². The Morgan fingerprint density at radius 1 is 1.20 bits per heavy atom. The summed E-state index contributed by atoms with van der Waals surface area (Å²) in [7, 11) is 3.69. The standard InChI is InChI=1S/C16H23N3O/c1-11-8-14(6-7-16(11)20-5)9-17-10-15-12(2)18-19(4)13(15)3/h6-8,17H,9-10H2,1-5H3. The molecular weight excluding hydrogens is 250 g/mol. The fraction of sp³-hybridized carbons (Fsp3) is 0.438. The van der Waals surface area contributed by atoms with E-state index >= 15 is 0 Å². The SMILES string of the molecule is COc1ccc(CNCc2c(C)nn(C)c2C)cc1C. The van der Waals surface area contributed by atoms with Crippen molar-refractivity contribution in [1.82, 2.24) is 15.1 Å². The number of ether oxygens (including phenoxy) is 1. The quantitative estimate of drug-likeness (QED) is 0.910. The first kappa shape index (κ1) is 14.6. The molecule has 1 aromatic carbocycles. The second-order valence-electron chi connectivity index (χ2n) is 5.18. The van der Waals surface area contributed by atoms with Gasteiger partial charge in [0.2, 0.25) is 0 Å². The second-order valence-corrected chi connectivity index (χ2v) is 5.18. The lowest BCUT2D eigenvalue weighted by molar-refractivity contribution is 0.411. The predicted octanol–water partition coefficient (Wildman–Crippen LogP) is 2.64. The van der Waals surface area contributed by atoms with E-state index in [1.165, 1.54) is 22.4 Å². The topological polar surface area (TPSA) is 39.1 Å². The van der Waals surface area contributed by atoms with E-state index in [4.69, 9.17) is 4.74 Å². The Bertz CT molecular complexity index is 602. The summed E-state index contributed by atoms with van der Waals surface area (Å²) >= 11 is 0. The number of aromatic nitrogens is 2. The average molecular weight is 273 g/mol. The fourth-order valence-corrected chi connectivity index (χ4v) is 2.46. The van der Waals surface area contributed by atoms with Gasteiger partial charge in [-0.25, -0.2) is 0 Å². The van der Waals surface area contributed by atoms with Crippen LogP contribution in [-0.2, 0) is 20.1 Å². The molecule has 0 aliphatic carbocycles. The highest BCUT2D eigenvalue weighted by molar-refractivity contribution is 5.36. The third-order valence-corrected chi connectivity index (χ3v) is 3.75. The highest BCUT2D eigenvalue weighted by Gasteiger charge is 2.08. The monoisotopic (exact) mass is 273 g/mol. The van der Waals surface area contributed by atoms with Crippen molar-refractivity contribution in [3.8, 4) is 5.75 Å². The van der Waals surface area contributed by atoms with Crippen molar-refractivity contribution < 1.29 is 4.74 Å². The maximum absolute atomic E-state index is 5.28. The van der Waals surface area contributed by atoms with Crippen LogP contribution in [0.5, 0.6) is 5.75 Å². The van der Waals surface area contributed by atoms with Crippen molar-refractivity contribution in [2.75, 3.05) is 7.11 Å². The van der Waals surface area contributed by atoms with Crippen LogP contribution in [0.4, 0.5) is 0 Å². The molecule has 1 heterocycles. The maximum Gasteiger partial charge on any atom is 0.121 e. The number of nitrogens with zero attached hydrogens (tertiary/aromatic N) is 2. The van der Waals surface area contributed by atoms with E-state index in [9.17, 15) is 0 Å². The third kappa shape index (κ3) is 3.02. The number of aryl methyl sites for hydroxylation is 3. The molecule has 0 aliphatic rings. The van der Waals surface area contributed by atoms with Gasteiger partial charge < -0.3 is 10.1 Å². The van der Waals surface area contributed by atoms with Crippen molar-refractivity contribution in [2.45, 2.75) is 33.9 Å². The van der Waals surface area contributed by atoms with Crippen LogP contribution >= 0.6 is 0 Å². The molecule has 0 unspecified atom stereocenters. The number of benzene rings is 1. The van der Waals surface area contributed by atoms with Crippen LogP contribution in [0.25, 0.3) is 0 Å². The smallest absolute Gasteiger partial charge is 0.121 e. The number of hydrogen-bond acceptors (Lipinski definition) is 3. The minimum atomic E-state index is 0.844. The molecule has 0 saturated heterocycles. The first-order chi connectivity index (χ1) is 9.52. The third-order valence-electron chi connectivity index (χ3n) is 3.75. The molecule has 0 atom stereocenters. The van der Waals surface area contributed by atoms with Crippen molar-refractivity contribution in [2.24, 2.45) is 7.05 Å². The zero-order valence-corrected chi connectivity index (χ0v) is 12.9. The molecule has 0 bridgehead atoms. The van der Waals surface area contributed by atoms with Crippen molar-refractivity contribution >= 4 is 0 Å². The van der Waals surface area contributed by atoms with E-state index < -0.39 is 0 Å². The van der Waals surface area contributed by atoms with Crippen LogP contribution in [0.2, 0.25) is 0 Å². The van der Waals surface area contributed by atoms with Gasteiger partial charge >= 0.3 is 0 Å². The Morgan fingerprint density at radius 2 is 1.95 bits per heavy atom. The molecule has 4 heteroatoms. The number of nitrogens with one attached hydrogen (secondary N) is 1. The number of methoxy groups -OCH3 is 1. The molecule has 0 amide bonds. The number of rotatable bonds is 5. The minimum absolute atomic E-state index is 0.844. The summed E-state index contributed by atoms with van der Waals surface area (Å²) in [5.41, 5.74) is 6.05. The van der Waals surface area contributed by atoms with Crippen LogP contribution in [0, 0.1) is 20.8 Å².